The molecule has 0 aliphatic carbocycles. The molecule has 5 N–H and O–H groups in total. The summed E-state index contributed by atoms with van der Waals surface area (Å²) in [6, 6.07) is 49.2. The third-order valence-corrected chi connectivity index (χ3v) is 12.7. The van der Waals surface area contributed by atoms with Crippen LogP contribution in [0, 0.1) is 0 Å². The van der Waals surface area contributed by atoms with Crippen LogP contribution in [0.25, 0.3) is 0 Å². The number of hydrogen-bond acceptors (Lipinski definition) is 7. The number of carbonyl (C=O) groups is 5. The molecule has 0 saturated carbocycles. The molecule has 346 valence electrons. The van der Waals surface area contributed by atoms with E-state index in [4.69, 9.17) is 16.3 Å². The van der Waals surface area contributed by atoms with Crippen LogP contribution >= 0.6 is 23.4 Å². The summed E-state index contributed by atoms with van der Waals surface area (Å²) in [5.41, 5.74) is 3.93. The van der Waals surface area contributed by atoms with Crippen LogP contribution in [0.1, 0.15) is 54.2 Å². The zero-order valence-electron chi connectivity index (χ0n) is 37.6. The SMILES string of the molecule is CC(C)(C)OC(=O)N[C@@H](Cc1ccc(Cl)cc1)C(=O)N[C@H](CSC(c1ccccc1)(c1ccccc1)c1ccccc1)C(=O)N[C@@H](Cc1ccccc1)C(=O)N[C@H](Cc1ccccc1)C(=O)O. The number of rotatable bonds is 20. The van der Waals surface area contributed by atoms with E-state index in [0.29, 0.717) is 21.7 Å². The van der Waals surface area contributed by atoms with E-state index in [0.717, 1.165) is 16.7 Å². The number of carboxylic acid groups (broad SMARTS) is 1. The Kier molecular flexibility index (Phi) is 17.4. The van der Waals surface area contributed by atoms with Crippen molar-refractivity contribution in [3.05, 3.63) is 214 Å². The lowest BCUT2D eigenvalue weighted by Crippen LogP contribution is -2.59. The second kappa shape index (κ2) is 23.5. The van der Waals surface area contributed by atoms with Crippen LogP contribution in [-0.4, -0.2) is 70.4 Å². The highest BCUT2D eigenvalue weighted by atomic mass is 35.5. The van der Waals surface area contributed by atoms with Crippen LogP contribution < -0.4 is 21.3 Å². The van der Waals surface area contributed by atoms with Gasteiger partial charge in [0.15, 0.2) is 0 Å². The lowest BCUT2D eigenvalue weighted by Gasteiger charge is -2.37. The molecule has 0 fully saturated rings. The molecule has 6 rings (SSSR count). The Morgan fingerprint density at radius 2 is 0.836 bits per heavy atom. The second-order valence-corrected chi connectivity index (χ2v) is 18.7. The van der Waals surface area contributed by atoms with Gasteiger partial charge in [-0.1, -0.05) is 175 Å². The molecule has 0 unspecified atom stereocenters. The summed E-state index contributed by atoms with van der Waals surface area (Å²) in [7, 11) is 0. The standard InChI is InChI=1S/C54H55ClN4O7S/c1-53(2,3)66-52(65)59-45(34-39-29-31-43(55)32-30-39)49(61)58-47(36-67-54(40-23-13-6-14-24-40,41-25-15-7-16-26-41)42-27-17-8-18-28-42)50(62)56-44(33-37-19-9-4-10-20-37)48(60)57-46(51(63)64)35-38-21-11-5-12-22-38/h4-32,44-47H,33-36H2,1-3H3,(H,56,62)(H,57,60)(H,58,61)(H,59,65)(H,63,64)/t44-,45-,46+,47+/m0/s1. The molecular weight excluding hydrogens is 884 g/mol. The first kappa shape index (κ1) is 49.5. The molecule has 11 nitrogen and oxygen atoms in total. The van der Waals surface area contributed by atoms with Crippen molar-refractivity contribution in [1.82, 2.24) is 21.3 Å². The highest BCUT2D eigenvalue weighted by Gasteiger charge is 2.40. The molecule has 0 aliphatic rings. The molecule has 0 aliphatic heterocycles. The lowest BCUT2D eigenvalue weighted by molar-refractivity contribution is -0.142. The molecule has 13 heteroatoms. The number of ether oxygens (including phenoxy) is 1. The van der Waals surface area contributed by atoms with Crippen LogP contribution in [0.5, 0.6) is 0 Å². The minimum absolute atomic E-state index is 0.00341. The van der Waals surface area contributed by atoms with Gasteiger partial charge in [0.2, 0.25) is 17.7 Å². The number of nitrogens with one attached hydrogen (secondary N) is 4. The Bertz CT molecular complexity index is 2450. The smallest absolute Gasteiger partial charge is 0.408 e. The third kappa shape index (κ3) is 14.3. The molecular formula is C54H55ClN4O7S. The first-order valence-corrected chi connectivity index (χ1v) is 23.3. The van der Waals surface area contributed by atoms with Crippen LogP contribution in [0.3, 0.4) is 0 Å². The van der Waals surface area contributed by atoms with Gasteiger partial charge in [0.1, 0.15) is 29.8 Å². The van der Waals surface area contributed by atoms with Gasteiger partial charge < -0.3 is 31.1 Å². The summed E-state index contributed by atoms with van der Waals surface area (Å²) in [5, 5.41) is 22.0. The number of benzene rings is 6. The number of carbonyl (C=O) groups excluding carboxylic acids is 4. The molecule has 67 heavy (non-hydrogen) atoms. The van der Waals surface area contributed by atoms with Crippen molar-refractivity contribution in [3.63, 3.8) is 0 Å². The van der Waals surface area contributed by atoms with Gasteiger partial charge >= 0.3 is 12.1 Å². The molecule has 0 heterocycles. The molecule has 4 amide bonds. The summed E-state index contributed by atoms with van der Waals surface area (Å²) < 4.78 is 4.65. The van der Waals surface area contributed by atoms with E-state index >= 15 is 4.79 Å². The average Bonchev–Trinajstić information content (AvgIpc) is 3.32. The summed E-state index contributed by atoms with van der Waals surface area (Å²) in [6.45, 7) is 5.12. The molecule has 0 aromatic heterocycles. The number of carboxylic acids is 1. The van der Waals surface area contributed by atoms with E-state index in [1.54, 1.807) is 93.6 Å². The highest BCUT2D eigenvalue weighted by Crippen LogP contribution is 2.48. The van der Waals surface area contributed by atoms with E-state index in [2.05, 4.69) is 21.3 Å². The minimum atomic E-state index is -1.33. The summed E-state index contributed by atoms with van der Waals surface area (Å²) in [5.74, 6) is -3.41. The van der Waals surface area contributed by atoms with Gasteiger partial charge in [0.25, 0.3) is 0 Å². The van der Waals surface area contributed by atoms with Crippen molar-refractivity contribution in [1.29, 1.82) is 0 Å². The first-order chi connectivity index (χ1) is 32.2. The van der Waals surface area contributed by atoms with Crippen molar-refractivity contribution < 1.29 is 33.8 Å². The first-order valence-electron chi connectivity index (χ1n) is 22.0. The largest absolute Gasteiger partial charge is 0.480 e. The normalized spacial score (nSPS) is 13.2. The van der Waals surface area contributed by atoms with Crippen molar-refractivity contribution in [2.45, 2.75) is 74.5 Å². The Morgan fingerprint density at radius 3 is 1.25 bits per heavy atom. The van der Waals surface area contributed by atoms with Crippen LogP contribution in [0.15, 0.2) is 176 Å². The zero-order chi connectivity index (χ0) is 47.8. The van der Waals surface area contributed by atoms with Crippen molar-refractivity contribution in [3.8, 4) is 0 Å². The van der Waals surface area contributed by atoms with E-state index in [-0.39, 0.29) is 25.0 Å². The molecule has 0 saturated heterocycles. The molecule has 0 bridgehead atoms. The van der Waals surface area contributed by atoms with Gasteiger partial charge in [-0.05, 0) is 66.3 Å². The maximum Gasteiger partial charge on any atom is 0.408 e. The number of hydrogen-bond donors (Lipinski definition) is 5. The van der Waals surface area contributed by atoms with Crippen molar-refractivity contribution in [2.24, 2.45) is 0 Å². The highest BCUT2D eigenvalue weighted by molar-refractivity contribution is 8.00. The predicted octanol–water partition coefficient (Wildman–Crippen LogP) is 8.53. The van der Waals surface area contributed by atoms with E-state index in [9.17, 15) is 24.3 Å². The molecule has 6 aromatic rings. The van der Waals surface area contributed by atoms with E-state index in [1.165, 1.54) is 11.8 Å². The number of alkyl carbamates (subject to hydrolysis) is 1. The zero-order valence-corrected chi connectivity index (χ0v) is 39.1. The Labute approximate surface area is 401 Å². The number of amides is 4. The monoisotopic (exact) mass is 938 g/mol. The fraction of sp³-hybridized carbons (Fsp3) is 0.241. The maximum atomic E-state index is 15.1. The molecule has 6 aromatic carbocycles. The predicted molar refractivity (Wildman–Crippen MR) is 264 cm³/mol. The Balaban J connectivity index is 1.40. The van der Waals surface area contributed by atoms with Crippen molar-refractivity contribution >= 4 is 53.1 Å². The topological polar surface area (TPSA) is 163 Å². The lowest BCUT2D eigenvalue weighted by atomic mass is 9.84. The van der Waals surface area contributed by atoms with Gasteiger partial charge in [-0.3, -0.25) is 14.4 Å². The quantitative estimate of drug-likeness (QED) is 0.0476. The number of aliphatic carboxylic acids is 1. The number of thioether (sulfide) groups is 1. The van der Waals surface area contributed by atoms with Gasteiger partial charge in [-0.25, -0.2) is 9.59 Å². The third-order valence-electron chi connectivity index (χ3n) is 10.8. The van der Waals surface area contributed by atoms with Crippen molar-refractivity contribution in [2.75, 3.05) is 5.75 Å². The summed E-state index contributed by atoms with van der Waals surface area (Å²) >= 11 is 7.62. The Morgan fingerprint density at radius 1 is 0.493 bits per heavy atom. The van der Waals surface area contributed by atoms with Gasteiger partial charge in [0, 0.05) is 30.0 Å². The van der Waals surface area contributed by atoms with Gasteiger partial charge in [-0.2, -0.15) is 0 Å². The maximum absolute atomic E-state index is 15.1. The van der Waals surface area contributed by atoms with Crippen LogP contribution in [0.2, 0.25) is 5.02 Å². The Hall–Kier alpha value is -6.89. The summed E-state index contributed by atoms with van der Waals surface area (Å²) in [6.07, 6.45) is -0.811. The van der Waals surface area contributed by atoms with Gasteiger partial charge in [0.05, 0.1) is 4.75 Å². The molecule has 0 radical (unpaired) electrons. The molecule has 0 spiro atoms. The fourth-order valence-corrected chi connectivity index (χ4v) is 9.29. The fourth-order valence-electron chi connectivity index (χ4n) is 7.60. The number of halogens is 1. The van der Waals surface area contributed by atoms with E-state index in [1.807, 2.05) is 103 Å². The van der Waals surface area contributed by atoms with E-state index < -0.39 is 64.3 Å². The second-order valence-electron chi connectivity index (χ2n) is 17.0. The van der Waals surface area contributed by atoms with Crippen LogP contribution in [-0.2, 0) is 47.9 Å². The average molecular weight is 940 g/mol. The van der Waals surface area contributed by atoms with Gasteiger partial charge in [-0.15, -0.1) is 11.8 Å². The summed E-state index contributed by atoms with van der Waals surface area (Å²) in [4.78, 5) is 70.0. The minimum Gasteiger partial charge on any atom is -0.480 e. The molecule has 4 atom stereocenters. The van der Waals surface area contributed by atoms with Crippen LogP contribution in [0.4, 0.5) is 4.79 Å².